The number of alkyl carbamates (subject to hydrolysis) is 1. The molecular weight excluding hydrogens is 316 g/mol. The Kier molecular flexibility index (Phi) is 10.4. The van der Waals surface area contributed by atoms with E-state index in [1.54, 1.807) is 13.0 Å². The molecule has 0 fully saturated rings. The van der Waals surface area contributed by atoms with Gasteiger partial charge in [-0.3, -0.25) is 4.79 Å². The summed E-state index contributed by atoms with van der Waals surface area (Å²) in [7, 11) is 0. The molecule has 1 unspecified atom stereocenters. The molecule has 24 heavy (non-hydrogen) atoms. The van der Waals surface area contributed by atoms with Crippen LogP contribution in [0.1, 0.15) is 27.2 Å². The van der Waals surface area contributed by atoms with Gasteiger partial charge in [-0.15, -0.1) is 0 Å². The van der Waals surface area contributed by atoms with Crippen molar-refractivity contribution in [3.8, 4) is 6.07 Å². The van der Waals surface area contributed by atoms with Gasteiger partial charge in [-0.1, -0.05) is 13.8 Å². The summed E-state index contributed by atoms with van der Waals surface area (Å²) in [6.07, 6.45) is 0.882. The van der Waals surface area contributed by atoms with Crippen LogP contribution >= 0.6 is 0 Å². The van der Waals surface area contributed by atoms with Gasteiger partial charge in [-0.2, -0.15) is 5.26 Å². The van der Waals surface area contributed by atoms with Crippen molar-refractivity contribution in [3.63, 3.8) is 0 Å². The molecule has 0 aromatic carbocycles. The molecule has 2 amide bonds. The molecule has 0 aliphatic carbocycles. The van der Waals surface area contributed by atoms with Crippen LogP contribution in [-0.4, -0.2) is 48.8 Å². The van der Waals surface area contributed by atoms with E-state index in [2.05, 4.69) is 20.7 Å². The van der Waals surface area contributed by atoms with E-state index in [9.17, 15) is 14.4 Å². The third-order valence-electron chi connectivity index (χ3n) is 2.74. The summed E-state index contributed by atoms with van der Waals surface area (Å²) in [4.78, 5) is 34.1. The molecular formula is C15H24N4O5. The molecule has 0 saturated heterocycles. The number of hydrogen-bond donors (Lipinski definition) is 4. The number of carboxylic acids is 1. The van der Waals surface area contributed by atoms with Crippen molar-refractivity contribution in [1.82, 2.24) is 16.0 Å². The minimum absolute atomic E-state index is 0.0768. The number of carboxylic acid groups (broad SMARTS) is 1. The lowest BCUT2D eigenvalue weighted by Gasteiger charge is -2.16. The Bertz CT molecular complexity index is 510. The first-order valence-corrected chi connectivity index (χ1v) is 7.59. The molecule has 0 heterocycles. The molecule has 0 aliphatic rings. The van der Waals surface area contributed by atoms with Gasteiger partial charge in [0, 0.05) is 19.3 Å². The highest BCUT2D eigenvalue weighted by molar-refractivity contribution is 5.99. The number of rotatable bonds is 10. The average Bonchev–Trinajstić information content (AvgIpc) is 2.49. The molecule has 0 aromatic heterocycles. The van der Waals surface area contributed by atoms with Crippen molar-refractivity contribution in [2.24, 2.45) is 5.92 Å². The quantitative estimate of drug-likeness (QED) is 0.255. The summed E-state index contributed by atoms with van der Waals surface area (Å²) in [5.41, 5.74) is -0.249. The van der Waals surface area contributed by atoms with Crippen LogP contribution in [0.15, 0.2) is 11.8 Å². The van der Waals surface area contributed by atoms with Gasteiger partial charge in [0.15, 0.2) is 0 Å². The fourth-order valence-electron chi connectivity index (χ4n) is 1.67. The van der Waals surface area contributed by atoms with Crippen LogP contribution in [0, 0.1) is 17.2 Å². The predicted octanol–water partition coefficient (Wildman–Crippen LogP) is 0.345. The maximum absolute atomic E-state index is 11.9. The third-order valence-corrected chi connectivity index (χ3v) is 2.74. The Hall–Kier alpha value is -2.76. The van der Waals surface area contributed by atoms with E-state index in [1.165, 1.54) is 6.20 Å². The van der Waals surface area contributed by atoms with Gasteiger partial charge >= 0.3 is 12.1 Å². The number of hydrogen-bond acceptors (Lipinski definition) is 6. The Morgan fingerprint density at radius 1 is 1.29 bits per heavy atom. The number of nitrogens with zero attached hydrogens (tertiary/aromatic N) is 1. The van der Waals surface area contributed by atoms with Gasteiger partial charge < -0.3 is 25.8 Å². The minimum Gasteiger partial charge on any atom is -0.480 e. The molecule has 9 heteroatoms. The summed E-state index contributed by atoms with van der Waals surface area (Å²) in [6.45, 7) is 6.12. The number of nitriles is 1. The second-order valence-electron chi connectivity index (χ2n) is 5.27. The third kappa shape index (κ3) is 9.30. The molecule has 0 bridgehead atoms. The van der Waals surface area contributed by atoms with Crippen molar-refractivity contribution in [1.29, 1.82) is 5.26 Å². The molecule has 134 valence electrons. The van der Waals surface area contributed by atoms with Crippen LogP contribution in [0.25, 0.3) is 0 Å². The van der Waals surface area contributed by atoms with Crippen molar-refractivity contribution in [3.05, 3.63) is 11.8 Å². The van der Waals surface area contributed by atoms with Gasteiger partial charge in [0.25, 0.3) is 5.91 Å². The minimum atomic E-state index is -1.15. The zero-order valence-corrected chi connectivity index (χ0v) is 14.1. The maximum atomic E-state index is 11.9. The number of aliphatic carboxylic acids is 1. The maximum Gasteiger partial charge on any atom is 0.407 e. The second kappa shape index (κ2) is 11.8. The fraction of sp³-hybridized carbons (Fsp3) is 0.600. The van der Waals surface area contributed by atoms with E-state index in [0.717, 1.165) is 0 Å². The Morgan fingerprint density at radius 2 is 1.96 bits per heavy atom. The lowest BCUT2D eigenvalue weighted by atomic mass is 10.0. The number of ether oxygens (including phenoxy) is 1. The molecule has 0 rings (SSSR count). The summed E-state index contributed by atoms with van der Waals surface area (Å²) in [6, 6.07) is 0.645. The zero-order chi connectivity index (χ0) is 18.5. The van der Waals surface area contributed by atoms with Crippen LogP contribution in [0.5, 0.6) is 0 Å². The van der Waals surface area contributed by atoms with Crippen LogP contribution in [-0.2, 0) is 14.3 Å². The summed E-state index contributed by atoms with van der Waals surface area (Å²) < 4.78 is 4.66. The van der Waals surface area contributed by atoms with Crippen LogP contribution < -0.4 is 16.0 Å². The number of nitrogens with one attached hydrogen (secondary N) is 3. The Morgan fingerprint density at radius 3 is 2.46 bits per heavy atom. The first-order chi connectivity index (χ1) is 11.3. The Balaban J connectivity index is 4.44. The molecule has 0 saturated carbocycles. The van der Waals surface area contributed by atoms with Crippen molar-refractivity contribution >= 4 is 18.0 Å². The van der Waals surface area contributed by atoms with Crippen LogP contribution in [0.2, 0.25) is 0 Å². The van der Waals surface area contributed by atoms with Gasteiger partial charge in [0.2, 0.25) is 0 Å². The highest BCUT2D eigenvalue weighted by Gasteiger charge is 2.22. The SMILES string of the molecule is CCOC(=O)NCCN/C=C(/C#N)C(=O)NC(CC(C)C)C(=O)O. The molecule has 0 aromatic rings. The van der Waals surface area contributed by atoms with Crippen LogP contribution in [0.3, 0.4) is 0 Å². The molecule has 1 atom stereocenters. The lowest BCUT2D eigenvalue weighted by molar-refractivity contribution is -0.141. The Labute approximate surface area is 141 Å². The van der Waals surface area contributed by atoms with E-state index in [0.29, 0.717) is 0 Å². The lowest BCUT2D eigenvalue weighted by Crippen LogP contribution is -2.42. The standard InChI is InChI=1S/C15H24N4O5/c1-4-24-15(23)18-6-5-17-9-11(8-16)13(20)19-12(14(21)22)7-10(2)3/h9-10,12,17H,4-7H2,1-3H3,(H,18,23)(H,19,20)(H,21,22)/b11-9-. The van der Waals surface area contributed by atoms with Crippen LogP contribution in [0.4, 0.5) is 4.79 Å². The highest BCUT2D eigenvalue weighted by atomic mass is 16.5. The first-order valence-electron chi connectivity index (χ1n) is 7.59. The smallest absolute Gasteiger partial charge is 0.407 e. The fourth-order valence-corrected chi connectivity index (χ4v) is 1.67. The van der Waals surface area contributed by atoms with E-state index in [4.69, 9.17) is 10.4 Å². The van der Waals surface area contributed by atoms with Crippen molar-refractivity contribution in [2.75, 3.05) is 19.7 Å². The molecule has 0 radical (unpaired) electrons. The van der Waals surface area contributed by atoms with E-state index < -0.39 is 24.0 Å². The summed E-state index contributed by atoms with van der Waals surface area (Å²) in [5, 5.41) is 25.5. The largest absolute Gasteiger partial charge is 0.480 e. The second-order valence-corrected chi connectivity index (χ2v) is 5.27. The predicted molar refractivity (Wildman–Crippen MR) is 85.7 cm³/mol. The van der Waals surface area contributed by atoms with Gasteiger partial charge in [0.1, 0.15) is 17.7 Å². The molecule has 4 N–H and O–H groups in total. The van der Waals surface area contributed by atoms with E-state index in [-0.39, 0.29) is 37.6 Å². The summed E-state index contributed by atoms with van der Waals surface area (Å²) >= 11 is 0. The van der Waals surface area contributed by atoms with Crippen molar-refractivity contribution in [2.45, 2.75) is 33.2 Å². The normalized spacial score (nSPS) is 12.0. The van der Waals surface area contributed by atoms with Gasteiger partial charge in [-0.05, 0) is 19.3 Å². The number of carbonyl (C=O) groups is 3. The van der Waals surface area contributed by atoms with Gasteiger partial charge in [0.05, 0.1) is 6.61 Å². The molecule has 0 aliphatic heterocycles. The summed E-state index contributed by atoms with van der Waals surface area (Å²) in [5.74, 6) is -1.84. The van der Waals surface area contributed by atoms with E-state index in [1.807, 2.05) is 13.8 Å². The first kappa shape index (κ1) is 21.2. The van der Waals surface area contributed by atoms with Gasteiger partial charge in [-0.25, -0.2) is 9.59 Å². The number of carbonyl (C=O) groups excluding carboxylic acids is 2. The van der Waals surface area contributed by atoms with E-state index >= 15 is 0 Å². The monoisotopic (exact) mass is 340 g/mol. The average molecular weight is 340 g/mol. The van der Waals surface area contributed by atoms with Crippen molar-refractivity contribution < 1.29 is 24.2 Å². The molecule has 9 nitrogen and oxygen atoms in total. The topological polar surface area (TPSA) is 141 Å². The molecule has 0 spiro atoms. The number of amides is 2. The zero-order valence-electron chi connectivity index (χ0n) is 14.1. The highest BCUT2D eigenvalue weighted by Crippen LogP contribution is 2.06.